The Balaban J connectivity index is 1.20. The van der Waals surface area contributed by atoms with Gasteiger partial charge in [0, 0.05) is 11.1 Å². The van der Waals surface area contributed by atoms with Crippen LogP contribution in [-0.2, 0) is 6.42 Å². The molecule has 1 unspecified atom stereocenters. The molecule has 0 amide bonds. The molecule has 1 saturated carbocycles. The summed E-state index contributed by atoms with van der Waals surface area (Å²) in [6, 6.07) is 16.1. The van der Waals surface area contributed by atoms with E-state index in [9.17, 15) is 8.78 Å². The molecule has 5 rings (SSSR count). The zero-order chi connectivity index (χ0) is 30.9. The Labute approximate surface area is 263 Å². The SMILES string of the molecule is CCC/C=C\Cc1ccc(-c2ccc(-c3ccc(C4=CCC(C5CCC(CCCCC)CC5)CC4)c(F)c3)cc2)c(F)c1F. The number of unbranched alkanes of at least 4 members (excludes halogenated alkanes) is 3. The monoisotopic (exact) mass is 598 g/mol. The number of benzene rings is 3. The van der Waals surface area contributed by atoms with E-state index in [4.69, 9.17) is 0 Å². The zero-order valence-electron chi connectivity index (χ0n) is 26.7. The summed E-state index contributed by atoms with van der Waals surface area (Å²) >= 11 is 0. The summed E-state index contributed by atoms with van der Waals surface area (Å²) in [4.78, 5) is 0. The Morgan fingerprint density at radius 2 is 1.41 bits per heavy atom. The molecule has 0 bridgehead atoms. The predicted molar refractivity (Wildman–Crippen MR) is 180 cm³/mol. The minimum absolute atomic E-state index is 0.194. The van der Waals surface area contributed by atoms with Crippen LogP contribution in [0.1, 0.15) is 108 Å². The van der Waals surface area contributed by atoms with Crippen molar-refractivity contribution in [3.8, 4) is 22.3 Å². The summed E-state index contributed by atoms with van der Waals surface area (Å²) in [5.74, 6) is 0.705. The van der Waals surface area contributed by atoms with Crippen molar-refractivity contribution >= 4 is 5.57 Å². The predicted octanol–water partition coefficient (Wildman–Crippen LogP) is 12.9. The van der Waals surface area contributed by atoms with E-state index in [0.717, 1.165) is 66.6 Å². The molecule has 3 heteroatoms. The summed E-state index contributed by atoms with van der Waals surface area (Å²) in [5, 5.41) is 0. The van der Waals surface area contributed by atoms with Crippen molar-refractivity contribution in [1.29, 1.82) is 0 Å². The molecular weight excluding hydrogens is 549 g/mol. The van der Waals surface area contributed by atoms with Crippen molar-refractivity contribution < 1.29 is 13.2 Å². The van der Waals surface area contributed by atoms with Crippen LogP contribution in [0.15, 0.2) is 72.8 Å². The van der Waals surface area contributed by atoms with Gasteiger partial charge in [-0.15, -0.1) is 0 Å². The highest BCUT2D eigenvalue weighted by Crippen LogP contribution is 2.43. The second kappa shape index (κ2) is 15.8. The lowest BCUT2D eigenvalue weighted by molar-refractivity contribution is 0.187. The second-order valence-corrected chi connectivity index (χ2v) is 13.2. The van der Waals surface area contributed by atoms with E-state index in [-0.39, 0.29) is 11.4 Å². The van der Waals surface area contributed by atoms with E-state index in [1.807, 2.05) is 36.4 Å². The van der Waals surface area contributed by atoms with Gasteiger partial charge in [0.2, 0.25) is 0 Å². The first-order chi connectivity index (χ1) is 21.5. The molecule has 1 atom stereocenters. The van der Waals surface area contributed by atoms with Crippen LogP contribution in [0, 0.1) is 35.2 Å². The molecule has 0 spiro atoms. The Kier molecular flexibility index (Phi) is 11.6. The van der Waals surface area contributed by atoms with Gasteiger partial charge in [0.15, 0.2) is 11.6 Å². The molecule has 2 aliphatic carbocycles. The maximum Gasteiger partial charge on any atom is 0.166 e. The van der Waals surface area contributed by atoms with Crippen molar-refractivity contribution in [2.24, 2.45) is 17.8 Å². The van der Waals surface area contributed by atoms with E-state index in [1.54, 1.807) is 30.3 Å². The third-order valence-corrected chi connectivity index (χ3v) is 10.2. The first-order valence-electron chi connectivity index (χ1n) is 17.2. The maximum absolute atomic E-state index is 15.4. The molecule has 0 nitrogen and oxygen atoms in total. The minimum atomic E-state index is -0.826. The summed E-state index contributed by atoms with van der Waals surface area (Å²) in [5.41, 5.74) is 4.67. The van der Waals surface area contributed by atoms with Crippen molar-refractivity contribution in [3.63, 3.8) is 0 Å². The molecule has 0 aromatic heterocycles. The average Bonchev–Trinajstić information content (AvgIpc) is 3.06. The van der Waals surface area contributed by atoms with Crippen molar-refractivity contribution in [1.82, 2.24) is 0 Å². The second-order valence-electron chi connectivity index (χ2n) is 13.2. The standard InChI is InChI=1S/C41H49F3/c1-3-5-7-9-11-35-24-27-38(41(44)40(35)43)34-22-18-32(19-23-34)36-25-26-37(39(42)28-36)33-20-16-31(17-21-33)30-14-12-29(13-15-30)10-8-6-4-2/h7,9,18-20,22-31H,3-6,8,10-17,21H2,1-2H3/b9-7-. The van der Waals surface area contributed by atoms with Crippen LogP contribution in [0.4, 0.5) is 13.2 Å². The number of rotatable bonds is 12. The lowest BCUT2D eigenvalue weighted by atomic mass is 9.70. The van der Waals surface area contributed by atoms with Crippen LogP contribution < -0.4 is 0 Å². The Bertz CT molecular complexity index is 1420. The largest absolute Gasteiger partial charge is 0.206 e. The van der Waals surface area contributed by atoms with Crippen LogP contribution in [0.3, 0.4) is 0 Å². The molecular formula is C41H49F3. The first kappa shape index (κ1) is 32.3. The van der Waals surface area contributed by atoms with Gasteiger partial charge < -0.3 is 0 Å². The number of halogens is 3. The topological polar surface area (TPSA) is 0 Å². The molecule has 0 radical (unpaired) electrons. The smallest absolute Gasteiger partial charge is 0.166 e. The highest BCUT2D eigenvalue weighted by atomic mass is 19.2. The van der Waals surface area contributed by atoms with Crippen molar-refractivity contribution in [2.75, 3.05) is 0 Å². The van der Waals surface area contributed by atoms with E-state index in [0.29, 0.717) is 23.1 Å². The van der Waals surface area contributed by atoms with Gasteiger partial charge in [-0.25, -0.2) is 13.2 Å². The Morgan fingerprint density at radius 1 is 0.682 bits per heavy atom. The molecule has 0 heterocycles. The molecule has 1 fully saturated rings. The summed E-state index contributed by atoms with van der Waals surface area (Å²) in [6.07, 6.45) is 22.7. The highest BCUT2D eigenvalue weighted by molar-refractivity contribution is 5.74. The lowest BCUT2D eigenvalue weighted by Crippen LogP contribution is -2.23. The van der Waals surface area contributed by atoms with E-state index >= 15 is 4.39 Å². The van der Waals surface area contributed by atoms with Crippen molar-refractivity contribution in [2.45, 2.75) is 104 Å². The summed E-state index contributed by atoms with van der Waals surface area (Å²) in [7, 11) is 0. The van der Waals surface area contributed by atoms with Gasteiger partial charge in [-0.2, -0.15) is 0 Å². The minimum Gasteiger partial charge on any atom is -0.206 e. The summed E-state index contributed by atoms with van der Waals surface area (Å²) < 4.78 is 45.1. The Morgan fingerprint density at radius 3 is 2.09 bits per heavy atom. The van der Waals surface area contributed by atoms with E-state index in [1.165, 1.54) is 51.4 Å². The van der Waals surface area contributed by atoms with Crippen LogP contribution >= 0.6 is 0 Å². The molecule has 3 aromatic carbocycles. The highest BCUT2D eigenvalue weighted by Gasteiger charge is 2.29. The van der Waals surface area contributed by atoms with E-state index in [2.05, 4.69) is 19.9 Å². The third kappa shape index (κ3) is 7.95. The van der Waals surface area contributed by atoms with Crippen LogP contribution in [-0.4, -0.2) is 0 Å². The molecule has 2 aliphatic rings. The molecule has 3 aromatic rings. The third-order valence-electron chi connectivity index (χ3n) is 10.2. The first-order valence-corrected chi connectivity index (χ1v) is 17.2. The fourth-order valence-corrected chi connectivity index (χ4v) is 7.42. The molecule has 0 saturated heterocycles. The maximum atomic E-state index is 15.4. The van der Waals surface area contributed by atoms with Crippen LogP contribution in [0.25, 0.3) is 27.8 Å². The van der Waals surface area contributed by atoms with Gasteiger partial charge in [0.25, 0.3) is 0 Å². The quantitative estimate of drug-likeness (QED) is 0.144. The van der Waals surface area contributed by atoms with Gasteiger partial charge in [0.05, 0.1) is 0 Å². The Hall–Kier alpha value is -3.07. The lowest BCUT2D eigenvalue weighted by Gasteiger charge is -2.35. The number of hydrogen-bond acceptors (Lipinski definition) is 0. The average molecular weight is 599 g/mol. The molecule has 0 N–H and O–H groups in total. The van der Waals surface area contributed by atoms with Crippen LogP contribution in [0.2, 0.25) is 0 Å². The molecule has 44 heavy (non-hydrogen) atoms. The van der Waals surface area contributed by atoms with Gasteiger partial charge in [-0.3, -0.25) is 0 Å². The number of allylic oxidation sites excluding steroid dienone is 4. The van der Waals surface area contributed by atoms with Gasteiger partial charge >= 0.3 is 0 Å². The van der Waals surface area contributed by atoms with E-state index < -0.39 is 11.6 Å². The van der Waals surface area contributed by atoms with Crippen LogP contribution in [0.5, 0.6) is 0 Å². The fourth-order valence-electron chi connectivity index (χ4n) is 7.42. The van der Waals surface area contributed by atoms with Gasteiger partial charge in [-0.05, 0) is 96.6 Å². The van der Waals surface area contributed by atoms with Crippen molar-refractivity contribution in [3.05, 3.63) is 101 Å². The zero-order valence-corrected chi connectivity index (χ0v) is 26.7. The van der Waals surface area contributed by atoms with Gasteiger partial charge in [-0.1, -0.05) is 126 Å². The normalized spacial score (nSPS) is 20.7. The number of hydrogen-bond donors (Lipinski definition) is 0. The summed E-state index contributed by atoms with van der Waals surface area (Å²) in [6.45, 7) is 4.37. The molecule has 234 valence electrons. The fraction of sp³-hybridized carbons (Fsp3) is 0.463. The van der Waals surface area contributed by atoms with Gasteiger partial charge in [0.1, 0.15) is 5.82 Å². The molecule has 0 aliphatic heterocycles.